The summed E-state index contributed by atoms with van der Waals surface area (Å²) in [7, 11) is 0. The van der Waals surface area contributed by atoms with Gasteiger partial charge in [-0.1, -0.05) is 19.9 Å². The number of nitrogens with one attached hydrogen (secondary N) is 2. The summed E-state index contributed by atoms with van der Waals surface area (Å²) in [4.78, 5) is 11.2. The van der Waals surface area contributed by atoms with E-state index in [1.54, 1.807) is 12.3 Å². The van der Waals surface area contributed by atoms with Crippen LogP contribution >= 0.6 is 0 Å². The van der Waals surface area contributed by atoms with Crippen LogP contribution in [0, 0.1) is 34.9 Å². The molecule has 148 valence electrons. The Bertz CT molecular complexity index is 888. The Labute approximate surface area is 166 Å². The highest BCUT2D eigenvalue weighted by Crippen LogP contribution is 2.32. The zero-order chi connectivity index (χ0) is 19.7. The zero-order valence-corrected chi connectivity index (χ0v) is 16.2. The number of nitriles is 1. The molecule has 1 saturated heterocycles. The normalized spacial score (nSPS) is 26.4. The van der Waals surface area contributed by atoms with Crippen molar-refractivity contribution < 1.29 is 5.82 Å². The lowest BCUT2D eigenvalue weighted by Crippen LogP contribution is -2.41. The minimum absolute atomic E-state index is 0. The average molecular weight is 382 g/mol. The van der Waals surface area contributed by atoms with Crippen LogP contribution in [0.25, 0.3) is 5.70 Å². The van der Waals surface area contributed by atoms with E-state index in [4.69, 9.17) is 0 Å². The van der Waals surface area contributed by atoms with Crippen molar-refractivity contribution in [2.24, 2.45) is 22.7 Å². The quantitative estimate of drug-likeness (QED) is 0.836. The summed E-state index contributed by atoms with van der Waals surface area (Å²) in [5.74, 6) is 1.31. The van der Waals surface area contributed by atoms with Crippen LogP contribution in [0.15, 0.2) is 34.9 Å². The summed E-state index contributed by atoms with van der Waals surface area (Å²) in [5, 5.41) is 9.49. The molecule has 0 spiro atoms. The predicted molar refractivity (Wildman–Crippen MR) is 110 cm³/mol. The standard InChI is InChI=1S/C21H25FN6.H2/c1-13(2)10-15-12-28(9-7-14(15)11-23)18-6-5-17(22)20(25-18)19-16-4-3-8-24-21(16)27-26-19;/h3-6,8,13-15,21,26-27H,7,9-10,12H2,1-2H3;1H. The third-order valence-corrected chi connectivity index (χ3v) is 5.58. The molecule has 7 heteroatoms. The molecule has 6 nitrogen and oxygen atoms in total. The lowest BCUT2D eigenvalue weighted by Gasteiger charge is -2.37. The van der Waals surface area contributed by atoms with Crippen LogP contribution < -0.4 is 15.8 Å². The van der Waals surface area contributed by atoms with Gasteiger partial charge in [0.1, 0.15) is 17.7 Å². The number of hydrazine groups is 1. The molecule has 3 aliphatic rings. The molecule has 3 atom stereocenters. The summed E-state index contributed by atoms with van der Waals surface area (Å²) in [5.41, 5.74) is 7.89. The molecule has 1 aromatic heterocycles. The van der Waals surface area contributed by atoms with Gasteiger partial charge in [-0.3, -0.25) is 4.99 Å². The smallest absolute Gasteiger partial charge is 0.151 e. The van der Waals surface area contributed by atoms with Crippen molar-refractivity contribution in [1.82, 2.24) is 15.8 Å². The Morgan fingerprint density at radius 2 is 2.29 bits per heavy atom. The van der Waals surface area contributed by atoms with E-state index >= 15 is 0 Å². The van der Waals surface area contributed by atoms with Gasteiger partial charge >= 0.3 is 0 Å². The van der Waals surface area contributed by atoms with Gasteiger partial charge in [0.25, 0.3) is 0 Å². The van der Waals surface area contributed by atoms with Gasteiger partial charge < -0.3 is 10.3 Å². The second-order valence-corrected chi connectivity index (χ2v) is 8.02. The maximum absolute atomic E-state index is 14.6. The van der Waals surface area contributed by atoms with Gasteiger partial charge in [0.2, 0.25) is 0 Å². The molecular formula is C21H27FN6. The number of allylic oxidation sites excluding steroid dienone is 1. The molecule has 1 aromatic rings. The number of halogens is 1. The zero-order valence-electron chi connectivity index (χ0n) is 16.2. The summed E-state index contributed by atoms with van der Waals surface area (Å²) >= 11 is 0. The molecule has 0 amide bonds. The van der Waals surface area contributed by atoms with E-state index in [1.165, 1.54) is 6.07 Å². The number of rotatable bonds is 4. The topological polar surface area (TPSA) is 76.3 Å². The first-order valence-corrected chi connectivity index (χ1v) is 9.84. The van der Waals surface area contributed by atoms with E-state index in [-0.39, 0.29) is 19.3 Å². The Kier molecular flexibility index (Phi) is 5.14. The van der Waals surface area contributed by atoms with Gasteiger partial charge in [-0.05, 0) is 42.9 Å². The van der Waals surface area contributed by atoms with E-state index < -0.39 is 0 Å². The van der Waals surface area contributed by atoms with E-state index in [9.17, 15) is 9.65 Å². The second-order valence-electron chi connectivity index (χ2n) is 8.02. The first kappa shape index (κ1) is 18.6. The van der Waals surface area contributed by atoms with Crippen molar-refractivity contribution in [2.45, 2.75) is 32.9 Å². The SMILES string of the molecule is CC(C)CC1CN(c2ccc(F)c(C3=C4C=CC=NC4NN3)n2)CCC1C#N.[HH]. The molecule has 1 fully saturated rings. The molecule has 0 bridgehead atoms. The van der Waals surface area contributed by atoms with Gasteiger partial charge in [0, 0.05) is 26.3 Å². The third kappa shape index (κ3) is 3.52. The molecule has 0 aromatic carbocycles. The van der Waals surface area contributed by atoms with E-state index in [0.717, 1.165) is 37.3 Å². The van der Waals surface area contributed by atoms with Crippen LogP contribution in [-0.2, 0) is 0 Å². The highest BCUT2D eigenvalue weighted by molar-refractivity contribution is 5.80. The highest BCUT2D eigenvalue weighted by Gasteiger charge is 2.32. The summed E-state index contributed by atoms with van der Waals surface area (Å²) in [6, 6.07) is 5.68. The lowest BCUT2D eigenvalue weighted by atomic mass is 9.81. The van der Waals surface area contributed by atoms with E-state index in [0.29, 0.717) is 23.2 Å². The highest BCUT2D eigenvalue weighted by atomic mass is 19.1. The average Bonchev–Trinajstić information content (AvgIpc) is 3.12. The second kappa shape index (κ2) is 7.72. The van der Waals surface area contributed by atoms with Gasteiger partial charge in [0.15, 0.2) is 5.82 Å². The fourth-order valence-electron chi connectivity index (χ4n) is 4.24. The Morgan fingerprint density at radius 1 is 1.43 bits per heavy atom. The fourth-order valence-corrected chi connectivity index (χ4v) is 4.24. The number of hydrogen-bond acceptors (Lipinski definition) is 6. The van der Waals surface area contributed by atoms with E-state index in [2.05, 4.69) is 45.6 Å². The molecule has 0 radical (unpaired) electrons. The molecule has 2 N–H and O–H groups in total. The fraction of sp³-hybridized carbons (Fsp3) is 0.476. The number of nitrogens with zero attached hydrogens (tertiary/aromatic N) is 4. The molecule has 4 heterocycles. The van der Waals surface area contributed by atoms with Crippen LogP contribution in [0.3, 0.4) is 0 Å². The Hall–Kier alpha value is -2.72. The van der Waals surface area contributed by atoms with Crippen molar-refractivity contribution in [2.75, 3.05) is 18.0 Å². The monoisotopic (exact) mass is 382 g/mol. The molecule has 3 unspecified atom stereocenters. The minimum atomic E-state index is -0.366. The Balaban J connectivity index is 0.00000240. The largest absolute Gasteiger partial charge is 0.356 e. The third-order valence-electron chi connectivity index (χ3n) is 5.58. The molecule has 0 saturated carbocycles. The van der Waals surface area contributed by atoms with Crippen molar-refractivity contribution in [3.8, 4) is 6.07 Å². The summed E-state index contributed by atoms with van der Waals surface area (Å²) in [6.07, 6.45) is 7.09. The number of pyridine rings is 1. The van der Waals surface area contributed by atoms with Crippen LogP contribution in [0.4, 0.5) is 10.2 Å². The van der Waals surface area contributed by atoms with Gasteiger partial charge in [-0.2, -0.15) is 5.26 Å². The number of piperidine rings is 1. The maximum Gasteiger partial charge on any atom is 0.151 e. The number of dihydropyridines is 1. The predicted octanol–water partition coefficient (Wildman–Crippen LogP) is 3.26. The molecule has 28 heavy (non-hydrogen) atoms. The van der Waals surface area contributed by atoms with Gasteiger partial charge in [0.05, 0.1) is 17.7 Å². The maximum atomic E-state index is 14.6. The number of hydrogen-bond donors (Lipinski definition) is 2. The molecular weight excluding hydrogens is 355 g/mol. The molecule has 3 aliphatic heterocycles. The number of anilines is 1. The first-order valence-electron chi connectivity index (χ1n) is 9.84. The van der Waals surface area contributed by atoms with Crippen LogP contribution in [-0.4, -0.2) is 30.5 Å². The van der Waals surface area contributed by atoms with Gasteiger partial charge in [-0.15, -0.1) is 0 Å². The van der Waals surface area contributed by atoms with Crippen LogP contribution in [0.2, 0.25) is 0 Å². The van der Waals surface area contributed by atoms with Crippen molar-refractivity contribution in [1.29, 1.82) is 5.26 Å². The summed E-state index contributed by atoms with van der Waals surface area (Å²) < 4.78 is 14.6. The van der Waals surface area contributed by atoms with Crippen LogP contribution in [0.1, 0.15) is 33.8 Å². The minimum Gasteiger partial charge on any atom is -0.356 e. The van der Waals surface area contributed by atoms with Crippen molar-refractivity contribution in [3.05, 3.63) is 41.4 Å². The Morgan fingerprint density at radius 3 is 3.07 bits per heavy atom. The number of fused-ring (bicyclic) bond motifs is 1. The summed E-state index contributed by atoms with van der Waals surface area (Å²) in [6.45, 7) is 5.91. The van der Waals surface area contributed by atoms with E-state index in [1.807, 2.05) is 12.2 Å². The van der Waals surface area contributed by atoms with Crippen molar-refractivity contribution in [3.63, 3.8) is 0 Å². The number of aromatic nitrogens is 1. The van der Waals surface area contributed by atoms with Gasteiger partial charge in [-0.25, -0.2) is 14.8 Å². The first-order chi connectivity index (χ1) is 13.6. The number of aliphatic imine (C=N–C) groups is 1. The van der Waals surface area contributed by atoms with Crippen molar-refractivity contribution >= 4 is 17.7 Å². The molecule has 0 aliphatic carbocycles. The lowest BCUT2D eigenvalue weighted by molar-refractivity contribution is 0.288. The van der Waals surface area contributed by atoms with Crippen LogP contribution in [0.5, 0.6) is 0 Å². The molecule has 4 rings (SSSR count).